The Morgan fingerprint density at radius 1 is 1.47 bits per heavy atom. The van der Waals surface area contributed by atoms with Gasteiger partial charge in [-0.2, -0.15) is 11.8 Å². The number of anilines is 2. The fourth-order valence-corrected chi connectivity index (χ4v) is 3.12. The Labute approximate surface area is 106 Å². The first-order valence-corrected chi connectivity index (χ1v) is 7.15. The van der Waals surface area contributed by atoms with Crippen molar-refractivity contribution in [2.45, 2.75) is 32.2 Å². The largest absolute Gasteiger partial charge is 0.366 e. The number of nitrogens with zero attached hydrogens (tertiary/aromatic N) is 2. The monoisotopic (exact) mass is 253 g/mol. The van der Waals surface area contributed by atoms with Gasteiger partial charge in [-0.05, 0) is 25.0 Å². The van der Waals surface area contributed by atoms with Crippen molar-refractivity contribution in [1.82, 2.24) is 9.97 Å². The minimum atomic E-state index is 0.513. The molecule has 1 fully saturated rings. The summed E-state index contributed by atoms with van der Waals surface area (Å²) in [5.74, 6) is 9.52. The van der Waals surface area contributed by atoms with Gasteiger partial charge in [0.15, 0.2) is 0 Å². The van der Waals surface area contributed by atoms with Gasteiger partial charge >= 0.3 is 0 Å². The molecule has 0 bridgehead atoms. The summed E-state index contributed by atoms with van der Waals surface area (Å²) in [5, 5.41) is 3.51. The van der Waals surface area contributed by atoms with E-state index < -0.39 is 0 Å². The summed E-state index contributed by atoms with van der Waals surface area (Å²) >= 11 is 2.00. The molecule has 0 aliphatic carbocycles. The molecule has 1 aromatic rings. The van der Waals surface area contributed by atoms with Crippen LogP contribution in [0.4, 0.5) is 11.6 Å². The van der Waals surface area contributed by atoms with E-state index in [-0.39, 0.29) is 0 Å². The van der Waals surface area contributed by atoms with Crippen LogP contribution in [0.25, 0.3) is 0 Å². The van der Waals surface area contributed by atoms with Crippen LogP contribution in [-0.2, 0) is 6.42 Å². The van der Waals surface area contributed by atoms with E-state index in [1.807, 2.05) is 11.8 Å². The molecule has 6 heteroatoms. The summed E-state index contributed by atoms with van der Waals surface area (Å²) in [7, 11) is 0. The van der Waals surface area contributed by atoms with Crippen LogP contribution in [0.2, 0.25) is 0 Å². The summed E-state index contributed by atoms with van der Waals surface area (Å²) in [6, 6.07) is 0.513. The molecule has 0 saturated carbocycles. The third kappa shape index (κ3) is 3.01. The maximum atomic E-state index is 5.46. The fraction of sp³-hybridized carbons (Fsp3) is 0.636. The molecule has 0 radical (unpaired) electrons. The molecule has 94 valence electrons. The van der Waals surface area contributed by atoms with Gasteiger partial charge in [0.05, 0.1) is 0 Å². The predicted molar refractivity (Wildman–Crippen MR) is 73.2 cm³/mol. The van der Waals surface area contributed by atoms with Crippen molar-refractivity contribution in [2.24, 2.45) is 5.84 Å². The van der Waals surface area contributed by atoms with Crippen LogP contribution < -0.4 is 16.6 Å². The van der Waals surface area contributed by atoms with Crippen LogP contribution in [0.1, 0.15) is 25.3 Å². The minimum Gasteiger partial charge on any atom is -0.366 e. The van der Waals surface area contributed by atoms with E-state index in [2.05, 4.69) is 27.6 Å². The van der Waals surface area contributed by atoms with E-state index in [1.165, 1.54) is 18.6 Å². The predicted octanol–water partition coefficient (Wildman–Crippen LogP) is 1.63. The van der Waals surface area contributed by atoms with Gasteiger partial charge in [-0.15, -0.1) is 0 Å². The number of hydrazine groups is 1. The second-order valence-corrected chi connectivity index (χ2v) is 5.26. The van der Waals surface area contributed by atoms with Crippen molar-refractivity contribution in [3.05, 3.63) is 11.9 Å². The van der Waals surface area contributed by atoms with E-state index in [0.717, 1.165) is 23.6 Å². The molecule has 5 nitrogen and oxygen atoms in total. The second-order valence-electron chi connectivity index (χ2n) is 4.11. The summed E-state index contributed by atoms with van der Waals surface area (Å²) in [4.78, 5) is 8.45. The van der Waals surface area contributed by atoms with Gasteiger partial charge in [0.2, 0.25) is 0 Å². The van der Waals surface area contributed by atoms with Gasteiger partial charge < -0.3 is 10.7 Å². The average molecular weight is 253 g/mol. The normalized spacial score (nSPS) is 20.0. The van der Waals surface area contributed by atoms with Crippen LogP contribution in [0.5, 0.6) is 0 Å². The molecule has 0 amide bonds. The third-order valence-electron chi connectivity index (χ3n) is 2.94. The van der Waals surface area contributed by atoms with Crippen LogP contribution in [0, 0.1) is 0 Å². The molecule has 1 unspecified atom stereocenters. The number of thioether (sulfide) groups is 1. The number of hydrogen-bond acceptors (Lipinski definition) is 6. The zero-order valence-corrected chi connectivity index (χ0v) is 10.9. The van der Waals surface area contributed by atoms with E-state index >= 15 is 0 Å². The fourth-order valence-electron chi connectivity index (χ4n) is 2.04. The second kappa shape index (κ2) is 6.07. The zero-order chi connectivity index (χ0) is 12.1. The highest BCUT2D eigenvalue weighted by Gasteiger charge is 2.16. The molecule has 17 heavy (non-hydrogen) atoms. The van der Waals surface area contributed by atoms with Crippen LogP contribution in [0.15, 0.2) is 6.33 Å². The molecule has 2 heterocycles. The number of nitrogens with one attached hydrogen (secondary N) is 2. The molecule has 4 N–H and O–H groups in total. The van der Waals surface area contributed by atoms with Crippen molar-refractivity contribution in [2.75, 3.05) is 22.2 Å². The lowest BCUT2D eigenvalue weighted by atomic mass is 10.1. The first kappa shape index (κ1) is 12.4. The highest BCUT2D eigenvalue weighted by atomic mass is 32.2. The topological polar surface area (TPSA) is 75.9 Å². The van der Waals surface area contributed by atoms with Crippen molar-refractivity contribution in [3.8, 4) is 0 Å². The van der Waals surface area contributed by atoms with Gasteiger partial charge in [0.1, 0.15) is 18.0 Å². The van der Waals surface area contributed by atoms with Crippen molar-refractivity contribution in [1.29, 1.82) is 0 Å². The quantitative estimate of drug-likeness (QED) is 0.559. The number of aromatic nitrogens is 2. The van der Waals surface area contributed by atoms with Crippen molar-refractivity contribution < 1.29 is 0 Å². The standard InChI is InChI=1S/C11H19N5S/c1-2-9-10(13-7-14-11(9)16-12)15-8-4-3-5-17-6-8/h7-8H,2-6,12H2,1H3,(H2,13,14,15,16). The van der Waals surface area contributed by atoms with E-state index in [4.69, 9.17) is 5.84 Å². The Hall–Kier alpha value is -1.01. The lowest BCUT2D eigenvalue weighted by Crippen LogP contribution is -2.27. The smallest absolute Gasteiger partial charge is 0.148 e. The Morgan fingerprint density at radius 3 is 2.94 bits per heavy atom. The maximum Gasteiger partial charge on any atom is 0.148 e. The highest BCUT2D eigenvalue weighted by Crippen LogP contribution is 2.24. The minimum absolute atomic E-state index is 0.513. The van der Waals surface area contributed by atoms with E-state index in [9.17, 15) is 0 Å². The molecule has 1 aromatic heterocycles. The lowest BCUT2D eigenvalue weighted by molar-refractivity contribution is 0.680. The molecule has 2 rings (SSSR count). The molecule has 0 spiro atoms. The summed E-state index contributed by atoms with van der Waals surface area (Å²) in [6.45, 7) is 2.08. The Kier molecular flexibility index (Phi) is 4.44. The number of rotatable bonds is 4. The molecule has 1 aliphatic heterocycles. The van der Waals surface area contributed by atoms with Crippen molar-refractivity contribution >= 4 is 23.4 Å². The number of nitrogens with two attached hydrogens (primary N) is 1. The summed E-state index contributed by atoms with van der Waals surface area (Å²) in [5.41, 5.74) is 3.69. The first-order valence-electron chi connectivity index (χ1n) is 6.00. The zero-order valence-electron chi connectivity index (χ0n) is 10.1. The molecular weight excluding hydrogens is 234 g/mol. The average Bonchev–Trinajstić information content (AvgIpc) is 2.39. The number of hydrogen-bond donors (Lipinski definition) is 3. The lowest BCUT2D eigenvalue weighted by Gasteiger charge is -2.24. The maximum absolute atomic E-state index is 5.46. The van der Waals surface area contributed by atoms with E-state index in [0.29, 0.717) is 11.9 Å². The van der Waals surface area contributed by atoms with E-state index in [1.54, 1.807) is 6.33 Å². The molecule has 1 aliphatic rings. The summed E-state index contributed by atoms with van der Waals surface area (Å²) in [6.07, 6.45) is 4.90. The van der Waals surface area contributed by atoms with Crippen molar-refractivity contribution in [3.63, 3.8) is 0 Å². The van der Waals surface area contributed by atoms with Crippen LogP contribution in [0.3, 0.4) is 0 Å². The molecule has 1 atom stereocenters. The summed E-state index contributed by atoms with van der Waals surface area (Å²) < 4.78 is 0. The van der Waals surface area contributed by atoms with Gasteiger partial charge in [-0.25, -0.2) is 15.8 Å². The third-order valence-corrected chi connectivity index (χ3v) is 4.15. The van der Waals surface area contributed by atoms with Gasteiger partial charge in [0.25, 0.3) is 0 Å². The first-order chi connectivity index (χ1) is 8.35. The Bertz CT molecular complexity index is 365. The van der Waals surface area contributed by atoms with Crippen LogP contribution >= 0.6 is 11.8 Å². The molecule has 1 saturated heterocycles. The van der Waals surface area contributed by atoms with Crippen LogP contribution in [-0.4, -0.2) is 27.5 Å². The van der Waals surface area contributed by atoms with Gasteiger partial charge in [0, 0.05) is 17.4 Å². The SMILES string of the molecule is CCc1c(NN)ncnc1NC1CCCSC1. The Balaban J connectivity index is 2.13. The number of nitrogen functional groups attached to an aromatic ring is 1. The van der Waals surface area contributed by atoms with Gasteiger partial charge in [-0.3, -0.25) is 0 Å². The molecular formula is C11H19N5S. The highest BCUT2D eigenvalue weighted by molar-refractivity contribution is 7.99. The molecule has 0 aromatic carbocycles. The van der Waals surface area contributed by atoms with Gasteiger partial charge in [-0.1, -0.05) is 6.92 Å². The Morgan fingerprint density at radius 2 is 2.29 bits per heavy atom.